The van der Waals surface area contributed by atoms with Crippen molar-refractivity contribution in [1.82, 2.24) is 5.43 Å². The second kappa shape index (κ2) is 9.43. The average molecular weight is 501 g/mol. The van der Waals surface area contributed by atoms with E-state index in [-0.39, 0.29) is 5.91 Å². The highest BCUT2D eigenvalue weighted by atomic mass is 79.9. The number of anilines is 1. The summed E-state index contributed by atoms with van der Waals surface area (Å²) in [7, 11) is 0. The SMILES string of the molecule is O=C(Nc1ccccc1C(=O)N/N=C\c1cccc(Br)c1)c1ccc(Br)cc1. The van der Waals surface area contributed by atoms with E-state index < -0.39 is 5.91 Å². The van der Waals surface area contributed by atoms with E-state index in [0.29, 0.717) is 16.8 Å². The lowest BCUT2D eigenvalue weighted by atomic mass is 10.1. The molecular formula is C21H15Br2N3O2. The molecule has 0 radical (unpaired) electrons. The summed E-state index contributed by atoms with van der Waals surface area (Å²) >= 11 is 6.72. The molecule has 0 fully saturated rings. The van der Waals surface area contributed by atoms with Crippen molar-refractivity contribution in [1.29, 1.82) is 0 Å². The van der Waals surface area contributed by atoms with Gasteiger partial charge in [-0.2, -0.15) is 5.10 Å². The van der Waals surface area contributed by atoms with Gasteiger partial charge in [-0.15, -0.1) is 0 Å². The van der Waals surface area contributed by atoms with Crippen LogP contribution in [0.3, 0.4) is 0 Å². The highest BCUT2D eigenvalue weighted by Crippen LogP contribution is 2.17. The first-order valence-electron chi connectivity index (χ1n) is 8.28. The molecule has 3 rings (SSSR count). The van der Waals surface area contributed by atoms with Crippen molar-refractivity contribution in [2.45, 2.75) is 0 Å². The van der Waals surface area contributed by atoms with Crippen LogP contribution in [0.5, 0.6) is 0 Å². The number of hydrogen-bond acceptors (Lipinski definition) is 3. The fraction of sp³-hybridized carbons (Fsp3) is 0. The van der Waals surface area contributed by atoms with E-state index in [1.54, 1.807) is 54.7 Å². The number of rotatable bonds is 5. The Morgan fingerprint density at radius 3 is 2.32 bits per heavy atom. The smallest absolute Gasteiger partial charge is 0.273 e. The molecule has 5 nitrogen and oxygen atoms in total. The Kier molecular flexibility index (Phi) is 6.73. The molecule has 140 valence electrons. The molecule has 0 saturated carbocycles. The van der Waals surface area contributed by atoms with Gasteiger partial charge in [0.15, 0.2) is 0 Å². The first kappa shape index (κ1) is 20.0. The fourth-order valence-corrected chi connectivity index (χ4v) is 3.08. The number of nitrogens with one attached hydrogen (secondary N) is 2. The Hall–Kier alpha value is -2.77. The molecule has 3 aromatic rings. The van der Waals surface area contributed by atoms with E-state index in [0.717, 1.165) is 14.5 Å². The zero-order valence-electron chi connectivity index (χ0n) is 14.5. The molecule has 0 aliphatic rings. The third kappa shape index (κ3) is 5.37. The Morgan fingerprint density at radius 2 is 1.57 bits per heavy atom. The number of hydrazone groups is 1. The van der Waals surface area contributed by atoms with Gasteiger partial charge >= 0.3 is 0 Å². The zero-order chi connectivity index (χ0) is 19.9. The van der Waals surface area contributed by atoms with E-state index in [1.165, 1.54) is 0 Å². The van der Waals surface area contributed by atoms with E-state index in [2.05, 4.69) is 47.7 Å². The Labute approximate surface area is 179 Å². The van der Waals surface area contributed by atoms with Crippen LogP contribution < -0.4 is 10.7 Å². The first-order valence-corrected chi connectivity index (χ1v) is 9.86. The minimum Gasteiger partial charge on any atom is -0.321 e. The van der Waals surface area contributed by atoms with E-state index >= 15 is 0 Å². The van der Waals surface area contributed by atoms with Crippen molar-refractivity contribution < 1.29 is 9.59 Å². The molecule has 0 heterocycles. The Bertz CT molecular complexity index is 1030. The molecule has 2 N–H and O–H groups in total. The summed E-state index contributed by atoms with van der Waals surface area (Å²) in [6.45, 7) is 0. The minimum absolute atomic E-state index is 0.301. The summed E-state index contributed by atoms with van der Waals surface area (Å²) in [5, 5.41) is 6.75. The maximum atomic E-state index is 12.5. The lowest BCUT2D eigenvalue weighted by molar-refractivity contribution is 0.0956. The predicted molar refractivity (Wildman–Crippen MR) is 118 cm³/mol. The van der Waals surface area contributed by atoms with Gasteiger partial charge in [-0.05, 0) is 54.1 Å². The summed E-state index contributed by atoms with van der Waals surface area (Å²) in [6.07, 6.45) is 1.55. The van der Waals surface area contributed by atoms with E-state index in [4.69, 9.17) is 0 Å². The van der Waals surface area contributed by atoms with E-state index in [1.807, 2.05) is 24.3 Å². The number of benzene rings is 3. The van der Waals surface area contributed by atoms with Crippen molar-refractivity contribution in [3.63, 3.8) is 0 Å². The molecule has 0 bridgehead atoms. The Morgan fingerprint density at radius 1 is 0.821 bits per heavy atom. The second-order valence-corrected chi connectivity index (χ2v) is 7.59. The lowest BCUT2D eigenvalue weighted by Gasteiger charge is -2.10. The highest BCUT2D eigenvalue weighted by molar-refractivity contribution is 9.10. The molecule has 0 atom stereocenters. The van der Waals surface area contributed by atoms with Crippen LogP contribution in [-0.4, -0.2) is 18.0 Å². The molecule has 0 saturated heterocycles. The normalized spacial score (nSPS) is 10.6. The monoisotopic (exact) mass is 499 g/mol. The maximum Gasteiger partial charge on any atom is 0.273 e. The van der Waals surface area contributed by atoms with Crippen LogP contribution in [0.4, 0.5) is 5.69 Å². The predicted octanol–water partition coefficient (Wildman–Crippen LogP) is 5.23. The third-order valence-electron chi connectivity index (χ3n) is 3.75. The topological polar surface area (TPSA) is 70.6 Å². The quantitative estimate of drug-likeness (QED) is 0.372. The van der Waals surface area contributed by atoms with Gasteiger partial charge in [0.1, 0.15) is 0 Å². The van der Waals surface area contributed by atoms with Gasteiger partial charge in [-0.25, -0.2) is 5.43 Å². The van der Waals surface area contributed by atoms with Crippen LogP contribution in [0.2, 0.25) is 0 Å². The van der Waals surface area contributed by atoms with Crippen molar-refractivity contribution in [2.75, 3.05) is 5.32 Å². The van der Waals surface area contributed by atoms with Crippen LogP contribution in [0.1, 0.15) is 26.3 Å². The van der Waals surface area contributed by atoms with Gasteiger partial charge in [0.25, 0.3) is 11.8 Å². The van der Waals surface area contributed by atoms with E-state index in [9.17, 15) is 9.59 Å². The molecule has 28 heavy (non-hydrogen) atoms. The van der Waals surface area contributed by atoms with Crippen LogP contribution in [-0.2, 0) is 0 Å². The maximum absolute atomic E-state index is 12.5. The minimum atomic E-state index is -0.419. The molecule has 7 heteroatoms. The van der Waals surface area contributed by atoms with Gasteiger partial charge in [0, 0.05) is 14.5 Å². The first-order chi connectivity index (χ1) is 13.5. The van der Waals surface area contributed by atoms with Gasteiger partial charge in [0.2, 0.25) is 0 Å². The number of carbonyl (C=O) groups excluding carboxylic acids is 2. The number of amides is 2. The molecular weight excluding hydrogens is 486 g/mol. The zero-order valence-corrected chi connectivity index (χ0v) is 17.7. The van der Waals surface area contributed by atoms with Crippen molar-refractivity contribution in [3.8, 4) is 0 Å². The molecule has 0 aliphatic carbocycles. The van der Waals surface area contributed by atoms with Crippen LogP contribution in [0.15, 0.2) is 86.8 Å². The highest BCUT2D eigenvalue weighted by Gasteiger charge is 2.13. The standard InChI is InChI=1S/C21H15Br2N3O2/c22-16-10-8-15(9-11-16)20(27)25-19-7-2-1-6-18(19)21(28)26-24-13-14-4-3-5-17(23)12-14/h1-13H,(H,25,27)(H,26,28)/b24-13-. The molecule has 0 aromatic heterocycles. The van der Waals surface area contributed by atoms with Crippen molar-refractivity contribution >= 4 is 55.6 Å². The summed E-state index contributed by atoms with van der Waals surface area (Å²) in [5.74, 6) is -0.719. The summed E-state index contributed by atoms with van der Waals surface area (Å²) in [4.78, 5) is 24.9. The number of carbonyl (C=O) groups is 2. The van der Waals surface area contributed by atoms with Gasteiger partial charge in [-0.1, -0.05) is 56.1 Å². The molecule has 0 aliphatic heterocycles. The van der Waals surface area contributed by atoms with Crippen LogP contribution in [0, 0.1) is 0 Å². The van der Waals surface area contributed by atoms with Gasteiger partial charge < -0.3 is 5.32 Å². The number of hydrogen-bond donors (Lipinski definition) is 2. The Balaban J connectivity index is 1.71. The average Bonchev–Trinajstić information content (AvgIpc) is 2.69. The second-order valence-electron chi connectivity index (χ2n) is 5.76. The van der Waals surface area contributed by atoms with Gasteiger partial charge in [0.05, 0.1) is 17.5 Å². The molecule has 0 spiro atoms. The lowest BCUT2D eigenvalue weighted by Crippen LogP contribution is -2.21. The van der Waals surface area contributed by atoms with Crippen LogP contribution >= 0.6 is 31.9 Å². The molecule has 0 unspecified atom stereocenters. The third-order valence-corrected chi connectivity index (χ3v) is 4.78. The summed E-state index contributed by atoms with van der Waals surface area (Å²) in [6, 6.07) is 21.3. The summed E-state index contributed by atoms with van der Waals surface area (Å²) < 4.78 is 1.80. The number of para-hydroxylation sites is 1. The number of halogens is 2. The van der Waals surface area contributed by atoms with Crippen molar-refractivity contribution in [3.05, 3.63) is 98.4 Å². The van der Waals surface area contributed by atoms with Crippen LogP contribution in [0.25, 0.3) is 0 Å². The van der Waals surface area contributed by atoms with Crippen molar-refractivity contribution in [2.24, 2.45) is 5.10 Å². The fourth-order valence-electron chi connectivity index (χ4n) is 2.40. The van der Waals surface area contributed by atoms with Gasteiger partial charge in [-0.3, -0.25) is 9.59 Å². The largest absolute Gasteiger partial charge is 0.321 e. The number of nitrogens with zero attached hydrogens (tertiary/aromatic N) is 1. The summed E-state index contributed by atoms with van der Waals surface area (Å²) in [5.41, 5.74) is 4.54. The molecule has 3 aromatic carbocycles. The molecule has 2 amide bonds.